The van der Waals surface area contributed by atoms with Gasteiger partial charge in [-0.1, -0.05) is 18.2 Å². The van der Waals surface area contributed by atoms with Gasteiger partial charge >= 0.3 is 37.0 Å². The van der Waals surface area contributed by atoms with Crippen molar-refractivity contribution >= 4 is 49.6 Å². The van der Waals surface area contributed by atoms with E-state index in [1.807, 2.05) is 0 Å². The van der Waals surface area contributed by atoms with Gasteiger partial charge in [0.15, 0.2) is 0 Å². The summed E-state index contributed by atoms with van der Waals surface area (Å²) in [5.74, 6) is -0.0510. The molecule has 0 aliphatic rings. The largest absolute Gasteiger partial charge is 1.00 e. The minimum Gasteiger partial charge on any atom is -1.00 e. The summed E-state index contributed by atoms with van der Waals surface area (Å²) >= 11 is 0. The van der Waals surface area contributed by atoms with Gasteiger partial charge in [-0.2, -0.15) is 0 Å². The van der Waals surface area contributed by atoms with Crippen LogP contribution in [0.15, 0.2) is 61.2 Å². The Kier molecular flexibility index (Phi) is 18.6. The Morgan fingerprint density at radius 3 is 1.52 bits per heavy atom. The van der Waals surface area contributed by atoms with E-state index in [4.69, 9.17) is 14.6 Å². The molecule has 0 spiro atoms. The smallest absolute Gasteiger partial charge is 1.00 e. The molecule has 0 fully saturated rings. The number of carbonyl (C=O) groups is 3. The van der Waals surface area contributed by atoms with Crippen molar-refractivity contribution in [2.24, 2.45) is 0 Å². The molecule has 0 aliphatic carbocycles. The third-order valence-electron chi connectivity index (χ3n) is 7.42. The molecule has 0 aliphatic heterocycles. The zero-order valence-electron chi connectivity index (χ0n) is 35.1. The van der Waals surface area contributed by atoms with Gasteiger partial charge in [-0.25, -0.2) is 34.3 Å². The van der Waals surface area contributed by atoms with Gasteiger partial charge in [0.25, 0.3) is 11.4 Å². The summed E-state index contributed by atoms with van der Waals surface area (Å²) in [6.45, 7) is 10.3. The second kappa shape index (κ2) is 21.5. The molecular formula is C37H45BLiN8O11. The van der Waals surface area contributed by atoms with E-state index in [0.29, 0.717) is 33.9 Å². The maximum absolute atomic E-state index is 12.2. The maximum atomic E-state index is 12.2. The first kappa shape index (κ1) is 50.1. The SMILES string of the molecule is CN(C(=O)OC(C)(C)C)c1cc(Cc2ccc(CO)cc2[N+](=O)[O-])ncn1.COC(=O)c1ccc(Cc2cc(N(C)C(=O)OC(C)(C)C)ncn2)c([N+](=O)[O-])c1.[B].[H-].[Li+]. The van der Waals surface area contributed by atoms with Crippen molar-refractivity contribution in [1.29, 1.82) is 0 Å². The van der Waals surface area contributed by atoms with Crippen LogP contribution in [0.3, 0.4) is 0 Å². The van der Waals surface area contributed by atoms with E-state index in [1.165, 1.54) is 61.9 Å². The van der Waals surface area contributed by atoms with E-state index in [0.717, 1.165) is 6.07 Å². The number of nitro groups is 2. The van der Waals surface area contributed by atoms with Gasteiger partial charge in [0.1, 0.15) is 35.5 Å². The van der Waals surface area contributed by atoms with Crippen LogP contribution in [0.5, 0.6) is 0 Å². The van der Waals surface area contributed by atoms with Crippen LogP contribution in [0, 0.1) is 20.2 Å². The fraction of sp³-hybridized carbons (Fsp3) is 0.378. The molecule has 3 radical (unpaired) electrons. The second-order valence-corrected chi connectivity index (χ2v) is 14.1. The Bertz CT molecular complexity index is 2100. The summed E-state index contributed by atoms with van der Waals surface area (Å²) in [6.07, 6.45) is 1.69. The number of methoxy groups -OCH3 is 1. The second-order valence-electron chi connectivity index (χ2n) is 14.1. The number of ether oxygens (including phenoxy) is 3. The van der Waals surface area contributed by atoms with Crippen LogP contribution in [-0.2, 0) is 33.7 Å². The number of hydrogen-bond acceptors (Lipinski definition) is 15. The molecule has 2 amide bonds. The van der Waals surface area contributed by atoms with E-state index in [-0.39, 0.29) is 70.9 Å². The van der Waals surface area contributed by atoms with Gasteiger partial charge in [0.2, 0.25) is 0 Å². The summed E-state index contributed by atoms with van der Waals surface area (Å²) in [6, 6.07) is 11.8. The Balaban J connectivity index is 0.00000109. The van der Waals surface area contributed by atoms with E-state index in [2.05, 4.69) is 24.7 Å². The number of aromatic nitrogens is 4. The number of carbonyl (C=O) groups excluding carboxylic acids is 3. The number of nitrogens with zero attached hydrogens (tertiary/aromatic N) is 8. The molecule has 0 saturated heterocycles. The molecule has 303 valence electrons. The molecule has 0 bridgehead atoms. The van der Waals surface area contributed by atoms with Gasteiger partial charge in [0, 0.05) is 70.7 Å². The third kappa shape index (κ3) is 14.8. The third-order valence-corrected chi connectivity index (χ3v) is 7.42. The van der Waals surface area contributed by atoms with Crippen molar-refractivity contribution in [2.75, 3.05) is 31.0 Å². The summed E-state index contributed by atoms with van der Waals surface area (Å²) in [7, 11) is 4.23. The fourth-order valence-electron chi connectivity index (χ4n) is 4.73. The topological polar surface area (TPSA) is 243 Å². The van der Waals surface area contributed by atoms with Crippen LogP contribution in [-0.4, -0.2) is 93.9 Å². The zero-order chi connectivity index (χ0) is 42.0. The van der Waals surface area contributed by atoms with Gasteiger partial charge in [0.05, 0.1) is 40.5 Å². The Morgan fingerprint density at radius 1 is 0.724 bits per heavy atom. The Hall–Kier alpha value is -5.97. The van der Waals surface area contributed by atoms with Crippen LogP contribution < -0.4 is 28.7 Å². The number of nitro benzene ring substituents is 2. The first-order valence-electron chi connectivity index (χ1n) is 16.9. The van der Waals surface area contributed by atoms with Gasteiger partial charge in [-0.05, 0) is 53.2 Å². The molecule has 0 unspecified atom stereocenters. The van der Waals surface area contributed by atoms with Crippen LogP contribution in [0.2, 0.25) is 0 Å². The van der Waals surface area contributed by atoms with Crippen molar-refractivity contribution in [3.05, 3.63) is 115 Å². The summed E-state index contributed by atoms with van der Waals surface area (Å²) < 4.78 is 15.2. The number of rotatable bonds is 10. The number of amides is 2. The molecule has 21 heteroatoms. The van der Waals surface area contributed by atoms with E-state index >= 15 is 0 Å². The number of aliphatic hydroxyl groups is 1. The van der Waals surface area contributed by atoms with Crippen molar-refractivity contribution in [3.8, 4) is 0 Å². The van der Waals surface area contributed by atoms with Crippen LogP contribution in [0.1, 0.15) is 81.4 Å². The molecular weight excluding hydrogens is 750 g/mol. The average Bonchev–Trinajstić information content (AvgIpc) is 3.13. The van der Waals surface area contributed by atoms with E-state index in [9.17, 15) is 34.6 Å². The van der Waals surface area contributed by atoms with Crippen LogP contribution >= 0.6 is 0 Å². The number of benzene rings is 2. The summed E-state index contributed by atoms with van der Waals surface area (Å²) in [5, 5.41) is 31.9. The fourth-order valence-corrected chi connectivity index (χ4v) is 4.73. The van der Waals surface area contributed by atoms with Gasteiger partial charge < -0.3 is 20.7 Å². The molecule has 19 nitrogen and oxygen atoms in total. The van der Waals surface area contributed by atoms with Crippen LogP contribution in [0.4, 0.5) is 32.6 Å². The van der Waals surface area contributed by atoms with Crippen LogP contribution in [0.25, 0.3) is 0 Å². The first-order chi connectivity index (χ1) is 26.1. The number of esters is 1. The minimum atomic E-state index is -0.664. The first-order valence-corrected chi connectivity index (χ1v) is 16.9. The maximum Gasteiger partial charge on any atom is 1.00 e. The molecule has 2 aromatic heterocycles. The predicted octanol–water partition coefficient (Wildman–Crippen LogP) is 2.71. The minimum absolute atomic E-state index is 0. The monoisotopic (exact) mass is 795 g/mol. The van der Waals surface area contributed by atoms with Crippen molar-refractivity contribution in [1.82, 2.24) is 19.9 Å². The standard InChI is InChI=1S/C19H22N4O6.C18H22N4O5.B.Li.H/c1-19(2,3)29-18(25)22(4)16-10-14(20-11-21-16)8-12-6-7-13(17(24)28-5)9-15(12)23(26)27;1-18(2,3)27-17(24)21(4)16-9-14(19-11-20-16)8-13-6-5-12(10-23)7-15(13)22(25)26;;;/h6-7,9-11H,8H2,1-5H3;5-7,9,11,23H,8,10H2,1-4H3;;;/q;;;+1;-1. The normalized spacial score (nSPS) is 10.7. The van der Waals surface area contributed by atoms with Crippen molar-refractivity contribution < 1.29 is 63.8 Å². The Morgan fingerprint density at radius 2 is 1.14 bits per heavy atom. The molecule has 0 saturated carbocycles. The number of anilines is 2. The van der Waals surface area contributed by atoms with Crippen molar-refractivity contribution in [2.45, 2.75) is 72.2 Å². The average molecular weight is 796 g/mol. The molecule has 4 aromatic rings. The Labute approximate surface area is 350 Å². The van der Waals surface area contributed by atoms with Gasteiger partial charge in [-0.15, -0.1) is 0 Å². The van der Waals surface area contributed by atoms with Crippen molar-refractivity contribution in [3.63, 3.8) is 0 Å². The van der Waals surface area contributed by atoms with E-state index < -0.39 is 39.2 Å². The van der Waals surface area contributed by atoms with Gasteiger partial charge in [-0.3, -0.25) is 30.0 Å². The number of aliphatic hydroxyl groups excluding tert-OH is 1. The molecule has 58 heavy (non-hydrogen) atoms. The quantitative estimate of drug-likeness (QED) is 0.0798. The molecule has 2 aromatic carbocycles. The predicted molar refractivity (Wildman–Crippen MR) is 209 cm³/mol. The molecule has 2 heterocycles. The zero-order valence-corrected chi connectivity index (χ0v) is 34.1. The number of hydrogen-bond donors (Lipinski definition) is 1. The summed E-state index contributed by atoms with van der Waals surface area (Å²) in [4.78, 5) is 76.5. The molecule has 4 rings (SSSR count). The van der Waals surface area contributed by atoms with E-state index in [1.54, 1.807) is 65.8 Å². The molecule has 1 N–H and O–H groups in total. The summed E-state index contributed by atoms with van der Waals surface area (Å²) in [5.41, 5.74) is 0.674. The molecule has 0 atom stereocenters.